The molecule has 210 valence electrons. The third-order valence-electron chi connectivity index (χ3n) is 7.31. The summed E-state index contributed by atoms with van der Waals surface area (Å²) in [7, 11) is 1.57. The zero-order valence-corrected chi connectivity index (χ0v) is 23.2. The highest BCUT2D eigenvalue weighted by molar-refractivity contribution is 6.10. The van der Waals surface area contributed by atoms with E-state index in [1.54, 1.807) is 42.7 Å². The Kier molecular flexibility index (Phi) is 7.08. The minimum atomic E-state index is -0.261. The molecule has 0 atom stereocenters. The second-order valence-corrected chi connectivity index (χ2v) is 10.0. The molecule has 0 saturated carbocycles. The molecule has 2 aliphatic heterocycles. The van der Waals surface area contributed by atoms with E-state index in [0.717, 1.165) is 41.2 Å². The Morgan fingerprint density at radius 1 is 0.902 bits per heavy atom. The van der Waals surface area contributed by atoms with Gasteiger partial charge in [-0.15, -0.1) is 0 Å². The van der Waals surface area contributed by atoms with E-state index in [1.165, 1.54) is 9.96 Å². The van der Waals surface area contributed by atoms with Gasteiger partial charge in [-0.25, -0.2) is 24.6 Å². The Bertz CT molecular complexity index is 1540. The number of methoxy groups -OCH3 is 1. The predicted octanol–water partition coefficient (Wildman–Crippen LogP) is 4.43. The number of amides is 2. The molecule has 2 aliphatic rings. The maximum Gasteiger partial charge on any atom is 0.336 e. The third-order valence-corrected chi connectivity index (χ3v) is 7.31. The number of hydrogen-bond donors (Lipinski definition) is 2. The lowest BCUT2D eigenvalue weighted by Gasteiger charge is -2.36. The molecule has 1 saturated heterocycles. The van der Waals surface area contributed by atoms with Crippen LogP contribution in [0.25, 0.3) is 0 Å². The van der Waals surface area contributed by atoms with Crippen LogP contribution in [0.5, 0.6) is 5.75 Å². The molecule has 0 radical (unpaired) electrons. The molecule has 0 aliphatic carbocycles. The van der Waals surface area contributed by atoms with Crippen molar-refractivity contribution in [3.05, 3.63) is 77.7 Å². The van der Waals surface area contributed by atoms with E-state index in [4.69, 9.17) is 9.72 Å². The van der Waals surface area contributed by atoms with Crippen molar-refractivity contribution in [2.45, 2.75) is 20.4 Å². The van der Waals surface area contributed by atoms with Gasteiger partial charge in [0, 0.05) is 37.9 Å². The van der Waals surface area contributed by atoms with E-state index in [2.05, 4.69) is 25.2 Å². The van der Waals surface area contributed by atoms with Crippen molar-refractivity contribution in [2.24, 2.45) is 0 Å². The second kappa shape index (κ2) is 11.0. The molecule has 5 heterocycles. The lowest BCUT2D eigenvalue weighted by molar-refractivity contribution is -0.0935. The summed E-state index contributed by atoms with van der Waals surface area (Å²) in [5.41, 5.74) is 4.60. The minimum absolute atomic E-state index is 0.261. The van der Waals surface area contributed by atoms with Crippen molar-refractivity contribution in [1.82, 2.24) is 25.0 Å². The number of aryl methyl sites for hydroxylation is 2. The van der Waals surface area contributed by atoms with Gasteiger partial charge in [-0.05, 0) is 49.2 Å². The molecule has 1 aromatic carbocycles. The number of anilines is 6. The number of carbonyl (C=O) groups excluding carboxylic acids is 1. The Hall–Kier alpha value is -4.81. The summed E-state index contributed by atoms with van der Waals surface area (Å²) in [6, 6.07) is 13.0. The fourth-order valence-corrected chi connectivity index (χ4v) is 5.17. The van der Waals surface area contributed by atoms with Crippen LogP contribution in [0.2, 0.25) is 0 Å². The van der Waals surface area contributed by atoms with E-state index < -0.39 is 0 Å². The van der Waals surface area contributed by atoms with Gasteiger partial charge in [0.15, 0.2) is 5.82 Å². The number of para-hydroxylation sites is 1. The highest BCUT2D eigenvalue weighted by atomic mass is 16.5. The average molecular weight is 554 g/mol. The van der Waals surface area contributed by atoms with Crippen LogP contribution < -0.4 is 24.8 Å². The first-order valence-electron chi connectivity index (χ1n) is 13.4. The molecule has 0 spiro atoms. The highest BCUT2D eigenvalue weighted by Gasteiger charge is 2.36. The van der Waals surface area contributed by atoms with Crippen molar-refractivity contribution in [2.75, 3.05) is 53.3 Å². The van der Waals surface area contributed by atoms with Gasteiger partial charge in [-0.3, -0.25) is 4.90 Å². The van der Waals surface area contributed by atoms with E-state index in [9.17, 15) is 10.0 Å². The van der Waals surface area contributed by atoms with Crippen molar-refractivity contribution >= 4 is 40.8 Å². The zero-order chi connectivity index (χ0) is 28.5. The molecule has 12 heteroatoms. The summed E-state index contributed by atoms with van der Waals surface area (Å²) >= 11 is 0. The van der Waals surface area contributed by atoms with Crippen molar-refractivity contribution in [3.8, 4) is 5.75 Å². The zero-order valence-electron chi connectivity index (χ0n) is 23.2. The van der Waals surface area contributed by atoms with Crippen LogP contribution in [0.1, 0.15) is 16.7 Å². The van der Waals surface area contributed by atoms with Gasteiger partial charge >= 0.3 is 6.03 Å². The quantitative estimate of drug-likeness (QED) is 0.355. The summed E-state index contributed by atoms with van der Waals surface area (Å²) in [4.78, 5) is 37.9. The van der Waals surface area contributed by atoms with Gasteiger partial charge in [0.25, 0.3) is 0 Å². The van der Waals surface area contributed by atoms with Crippen molar-refractivity contribution in [3.63, 3.8) is 0 Å². The van der Waals surface area contributed by atoms with Crippen LogP contribution >= 0.6 is 0 Å². The number of pyridine rings is 2. The Morgan fingerprint density at radius 3 is 2.34 bits per heavy atom. The molecule has 4 aromatic rings. The van der Waals surface area contributed by atoms with Crippen LogP contribution in [0.4, 0.5) is 39.6 Å². The van der Waals surface area contributed by atoms with Crippen molar-refractivity contribution < 1.29 is 14.7 Å². The molecule has 0 bridgehead atoms. The fourth-order valence-electron chi connectivity index (χ4n) is 5.17. The van der Waals surface area contributed by atoms with Gasteiger partial charge in [0.1, 0.15) is 17.4 Å². The number of carbonyl (C=O) groups is 1. The summed E-state index contributed by atoms with van der Waals surface area (Å²) in [6.45, 7) is 6.93. The van der Waals surface area contributed by atoms with Gasteiger partial charge < -0.3 is 20.2 Å². The Labute approximate surface area is 237 Å². The van der Waals surface area contributed by atoms with E-state index in [1.807, 2.05) is 44.2 Å². The number of aromatic nitrogens is 4. The van der Waals surface area contributed by atoms with Crippen LogP contribution in [-0.4, -0.2) is 69.5 Å². The van der Waals surface area contributed by atoms with Gasteiger partial charge in [0.05, 0.1) is 37.4 Å². The van der Waals surface area contributed by atoms with Gasteiger partial charge in [-0.2, -0.15) is 10.0 Å². The fraction of sp³-hybridized carbons (Fsp3) is 0.276. The lowest BCUT2D eigenvalue weighted by Crippen LogP contribution is -2.46. The summed E-state index contributed by atoms with van der Waals surface area (Å²) in [5.74, 6) is 2.34. The number of piperazine rings is 1. The number of hydrogen-bond acceptors (Lipinski definition) is 10. The molecule has 41 heavy (non-hydrogen) atoms. The molecule has 2 N–H and O–H groups in total. The number of fused-ring (bicyclic) bond motifs is 1. The monoisotopic (exact) mass is 553 g/mol. The highest BCUT2D eigenvalue weighted by Crippen LogP contribution is 2.38. The van der Waals surface area contributed by atoms with E-state index in [-0.39, 0.29) is 6.03 Å². The number of benzene rings is 1. The summed E-state index contributed by atoms with van der Waals surface area (Å²) < 4.78 is 5.28. The van der Waals surface area contributed by atoms with Crippen molar-refractivity contribution in [1.29, 1.82) is 0 Å². The topological polar surface area (TPSA) is 123 Å². The standard InChI is InChI=1S/C29H31N9O3/c1-19-5-4-6-20(2)26(19)37-18-21-15-32-28(33-24-9-7-22(16-30-24)35-11-13-36(40)14-12-35)34-27(21)38(29(37)39)25-10-8-23(41-3)17-31-25/h4-10,15-17,40H,11-14,18H2,1-3H3,(H,30,32,33,34). The molecule has 6 rings (SSSR count). The van der Waals surface area contributed by atoms with Crippen LogP contribution in [-0.2, 0) is 6.54 Å². The SMILES string of the molecule is COc1ccc(N2C(=O)N(c3c(C)cccc3C)Cc3cnc(Nc4ccc(N5CCN(O)CC5)cn4)nc32)nc1. The maximum atomic E-state index is 14.1. The summed E-state index contributed by atoms with van der Waals surface area (Å²) in [6.07, 6.45) is 5.09. The third kappa shape index (κ3) is 5.22. The number of nitrogens with one attached hydrogen (secondary N) is 1. The largest absolute Gasteiger partial charge is 0.495 e. The summed E-state index contributed by atoms with van der Waals surface area (Å²) in [5, 5.41) is 14.1. The van der Waals surface area contributed by atoms with Crippen LogP contribution in [0.15, 0.2) is 61.1 Å². The van der Waals surface area contributed by atoms with Gasteiger partial charge in [0.2, 0.25) is 5.95 Å². The first-order chi connectivity index (χ1) is 19.9. The maximum absolute atomic E-state index is 14.1. The Balaban J connectivity index is 1.32. The number of hydroxylamine groups is 2. The predicted molar refractivity (Wildman–Crippen MR) is 156 cm³/mol. The number of urea groups is 1. The van der Waals surface area contributed by atoms with E-state index >= 15 is 0 Å². The minimum Gasteiger partial charge on any atom is -0.495 e. The molecular formula is C29H31N9O3. The first-order valence-corrected chi connectivity index (χ1v) is 13.4. The van der Waals surface area contributed by atoms with Crippen LogP contribution in [0.3, 0.4) is 0 Å². The molecule has 12 nitrogen and oxygen atoms in total. The molecule has 0 unspecified atom stereocenters. The lowest BCUT2D eigenvalue weighted by atomic mass is 10.1. The number of nitrogens with zero attached hydrogens (tertiary/aromatic N) is 8. The molecule has 2 amide bonds. The second-order valence-electron chi connectivity index (χ2n) is 10.0. The average Bonchev–Trinajstić information content (AvgIpc) is 2.98. The Morgan fingerprint density at radius 2 is 1.68 bits per heavy atom. The smallest absolute Gasteiger partial charge is 0.336 e. The van der Waals surface area contributed by atoms with Crippen LogP contribution in [0, 0.1) is 13.8 Å². The number of rotatable bonds is 6. The van der Waals surface area contributed by atoms with E-state index in [0.29, 0.717) is 48.8 Å². The molecule has 3 aromatic heterocycles. The molecule has 1 fully saturated rings. The molecular weight excluding hydrogens is 522 g/mol. The number of ether oxygens (including phenoxy) is 1. The van der Waals surface area contributed by atoms with Gasteiger partial charge in [-0.1, -0.05) is 18.2 Å². The normalized spacial score (nSPS) is 15.6. The first kappa shape index (κ1) is 26.4.